The maximum Gasteiger partial charge on any atom is 0.303 e. The van der Waals surface area contributed by atoms with Gasteiger partial charge in [-0.25, -0.2) is 0 Å². The first kappa shape index (κ1) is 21.5. The molecule has 2 rings (SSSR count). The second-order valence-electron chi connectivity index (χ2n) is 7.56. The first-order valence-electron chi connectivity index (χ1n) is 9.00. The predicted octanol–water partition coefficient (Wildman–Crippen LogP) is 3.99. The average Bonchev–Trinajstić information content (AvgIpc) is 2.58. The molecule has 3 atom stereocenters. The minimum Gasteiger partial charge on any atom is -0.463 e. The molecular formula is C21H28O5S. The summed E-state index contributed by atoms with van der Waals surface area (Å²) in [6.45, 7) is 9.32. The summed E-state index contributed by atoms with van der Waals surface area (Å²) in [7, 11) is 0. The summed E-state index contributed by atoms with van der Waals surface area (Å²) < 4.78 is 16.3. The van der Waals surface area contributed by atoms with Gasteiger partial charge < -0.3 is 14.2 Å². The lowest BCUT2D eigenvalue weighted by Crippen LogP contribution is -2.40. The van der Waals surface area contributed by atoms with Gasteiger partial charge in [-0.1, -0.05) is 45.0 Å². The molecule has 1 aliphatic rings. The van der Waals surface area contributed by atoms with Gasteiger partial charge in [0.1, 0.15) is 24.3 Å². The summed E-state index contributed by atoms with van der Waals surface area (Å²) in [5.41, 5.74) is 2.45. The van der Waals surface area contributed by atoms with Gasteiger partial charge in [-0.05, 0) is 28.7 Å². The first-order chi connectivity index (χ1) is 12.6. The number of carbonyl (C=O) groups excluding carboxylic acids is 2. The van der Waals surface area contributed by atoms with E-state index in [9.17, 15) is 9.59 Å². The van der Waals surface area contributed by atoms with Gasteiger partial charge in [0.2, 0.25) is 0 Å². The quantitative estimate of drug-likeness (QED) is 0.539. The van der Waals surface area contributed by atoms with E-state index in [-0.39, 0.29) is 17.5 Å². The third-order valence-electron chi connectivity index (χ3n) is 4.12. The molecule has 0 spiro atoms. The molecule has 5 nitrogen and oxygen atoms in total. The standard InChI is InChI=1S/C21H28O5S/c1-14(22)24-12-19-18(25-15(2)23)10-11-20(26-19)27-13-16-6-8-17(9-7-16)21(3,4)5/h6-11,18-20H,12-13H2,1-5H3/t18-,19-,20-/m1/s1. The highest BCUT2D eigenvalue weighted by Crippen LogP contribution is 2.28. The highest BCUT2D eigenvalue weighted by atomic mass is 32.2. The van der Waals surface area contributed by atoms with Crippen LogP contribution in [0.25, 0.3) is 0 Å². The van der Waals surface area contributed by atoms with Crippen molar-refractivity contribution < 1.29 is 23.8 Å². The lowest BCUT2D eigenvalue weighted by atomic mass is 9.87. The van der Waals surface area contributed by atoms with Crippen molar-refractivity contribution in [2.24, 2.45) is 0 Å². The molecule has 1 heterocycles. The predicted molar refractivity (Wildman–Crippen MR) is 106 cm³/mol. The molecule has 0 fully saturated rings. The van der Waals surface area contributed by atoms with Crippen molar-refractivity contribution in [3.63, 3.8) is 0 Å². The minimum absolute atomic E-state index is 0.0506. The van der Waals surface area contributed by atoms with Crippen LogP contribution in [0.2, 0.25) is 0 Å². The second kappa shape index (κ2) is 9.42. The van der Waals surface area contributed by atoms with E-state index in [2.05, 4.69) is 45.0 Å². The summed E-state index contributed by atoms with van der Waals surface area (Å²) >= 11 is 1.63. The van der Waals surface area contributed by atoms with Crippen molar-refractivity contribution in [3.8, 4) is 0 Å². The van der Waals surface area contributed by atoms with E-state index in [0.717, 1.165) is 5.75 Å². The average molecular weight is 393 g/mol. The maximum absolute atomic E-state index is 11.3. The van der Waals surface area contributed by atoms with E-state index in [4.69, 9.17) is 14.2 Å². The van der Waals surface area contributed by atoms with Crippen molar-refractivity contribution >= 4 is 23.7 Å². The number of thioether (sulfide) groups is 1. The fourth-order valence-corrected chi connectivity index (χ4v) is 3.61. The van der Waals surface area contributed by atoms with Crippen LogP contribution >= 0.6 is 11.8 Å². The Bertz CT molecular complexity index is 675. The van der Waals surface area contributed by atoms with Crippen LogP contribution in [-0.4, -0.2) is 36.2 Å². The van der Waals surface area contributed by atoms with Gasteiger partial charge in [-0.15, -0.1) is 11.8 Å². The third-order valence-corrected chi connectivity index (χ3v) is 5.22. The van der Waals surface area contributed by atoms with E-state index >= 15 is 0 Å². The number of hydrogen-bond donors (Lipinski definition) is 0. The molecule has 6 heteroatoms. The Balaban J connectivity index is 1.95. The molecule has 0 N–H and O–H groups in total. The van der Waals surface area contributed by atoms with E-state index < -0.39 is 24.1 Å². The summed E-state index contributed by atoms with van der Waals surface area (Å²) in [6, 6.07) is 8.59. The smallest absolute Gasteiger partial charge is 0.303 e. The van der Waals surface area contributed by atoms with Crippen LogP contribution < -0.4 is 0 Å². The Morgan fingerprint density at radius 2 is 1.74 bits per heavy atom. The van der Waals surface area contributed by atoms with Crippen molar-refractivity contribution in [2.75, 3.05) is 6.61 Å². The molecule has 0 unspecified atom stereocenters. The minimum atomic E-state index is -0.551. The van der Waals surface area contributed by atoms with Gasteiger partial charge in [-0.2, -0.15) is 0 Å². The van der Waals surface area contributed by atoms with Crippen LogP contribution in [0.3, 0.4) is 0 Å². The van der Waals surface area contributed by atoms with E-state index in [1.54, 1.807) is 17.8 Å². The van der Waals surface area contributed by atoms with Crippen LogP contribution in [0.4, 0.5) is 0 Å². The zero-order chi connectivity index (χ0) is 20.0. The van der Waals surface area contributed by atoms with Crippen LogP contribution in [0, 0.1) is 0 Å². The fourth-order valence-electron chi connectivity index (χ4n) is 2.63. The Morgan fingerprint density at radius 1 is 1.07 bits per heavy atom. The zero-order valence-electron chi connectivity index (χ0n) is 16.6. The van der Waals surface area contributed by atoms with Crippen LogP contribution in [-0.2, 0) is 35.0 Å². The normalized spacial score (nSPS) is 22.3. The molecule has 0 aromatic heterocycles. The molecule has 1 aliphatic heterocycles. The van der Waals surface area contributed by atoms with E-state index in [1.165, 1.54) is 25.0 Å². The number of benzene rings is 1. The molecule has 0 saturated carbocycles. The zero-order valence-corrected chi connectivity index (χ0v) is 17.4. The Kier molecular flexibility index (Phi) is 7.50. The third kappa shape index (κ3) is 7.03. The van der Waals surface area contributed by atoms with Gasteiger partial charge >= 0.3 is 11.9 Å². The summed E-state index contributed by atoms with van der Waals surface area (Å²) in [5, 5.41) is 0. The molecule has 1 aromatic rings. The highest BCUT2D eigenvalue weighted by molar-refractivity contribution is 7.99. The largest absolute Gasteiger partial charge is 0.463 e. The van der Waals surface area contributed by atoms with Crippen LogP contribution in [0.5, 0.6) is 0 Å². The number of hydrogen-bond acceptors (Lipinski definition) is 6. The number of carbonyl (C=O) groups is 2. The monoisotopic (exact) mass is 392 g/mol. The number of rotatable bonds is 6. The van der Waals surface area contributed by atoms with E-state index in [1.807, 2.05) is 6.08 Å². The Labute approximate surface area is 165 Å². The molecule has 0 aliphatic carbocycles. The lowest BCUT2D eigenvalue weighted by molar-refractivity contribution is -0.160. The summed E-state index contributed by atoms with van der Waals surface area (Å²) in [6.07, 6.45) is 2.62. The van der Waals surface area contributed by atoms with Crippen LogP contribution in [0.1, 0.15) is 45.7 Å². The van der Waals surface area contributed by atoms with Crippen molar-refractivity contribution in [1.29, 1.82) is 0 Å². The van der Waals surface area contributed by atoms with Gasteiger partial charge in [0.25, 0.3) is 0 Å². The molecule has 1 aromatic carbocycles. The molecule has 0 bridgehead atoms. The molecule has 148 valence electrons. The van der Waals surface area contributed by atoms with Crippen molar-refractivity contribution in [3.05, 3.63) is 47.5 Å². The van der Waals surface area contributed by atoms with Gasteiger partial charge in [0.15, 0.2) is 0 Å². The fraction of sp³-hybridized carbons (Fsp3) is 0.524. The van der Waals surface area contributed by atoms with Gasteiger partial charge in [0, 0.05) is 19.6 Å². The van der Waals surface area contributed by atoms with Gasteiger partial charge in [0.05, 0.1) is 0 Å². The van der Waals surface area contributed by atoms with Crippen LogP contribution in [0.15, 0.2) is 36.4 Å². The number of ether oxygens (including phenoxy) is 3. The van der Waals surface area contributed by atoms with Crippen molar-refractivity contribution in [1.82, 2.24) is 0 Å². The number of esters is 2. The summed E-state index contributed by atoms with van der Waals surface area (Å²) in [4.78, 5) is 22.4. The SMILES string of the molecule is CC(=O)OC[C@H]1O[C@H](SCc2ccc(C(C)(C)C)cc2)C=C[C@H]1OC(C)=O. The Morgan fingerprint density at radius 3 is 2.30 bits per heavy atom. The lowest BCUT2D eigenvalue weighted by Gasteiger charge is -2.31. The second-order valence-corrected chi connectivity index (χ2v) is 8.65. The molecule has 0 saturated heterocycles. The Hall–Kier alpha value is -1.79. The maximum atomic E-state index is 11.3. The molecular weight excluding hydrogens is 364 g/mol. The highest BCUT2D eigenvalue weighted by Gasteiger charge is 2.30. The molecule has 27 heavy (non-hydrogen) atoms. The van der Waals surface area contributed by atoms with Gasteiger partial charge in [-0.3, -0.25) is 9.59 Å². The summed E-state index contributed by atoms with van der Waals surface area (Å²) in [5.74, 6) is 0.00165. The first-order valence-corrected chi connectivity index (χ1v) is 10.1. The van der Waals surface area contributed by atoms with E-state index in [0.29, 0.717) is 0 Å². The van der Waals surface area contributed by atoms with Crippen molar-refractivity contribution in [2.45, 2.75) is 63.4 Å². The molecule has 0 amide bonds. The molecule has 0 radical (unpaired) electrons. The topological polar surface area (TPSA) is 61.8 Å².